The molecule has 1 fully saturated rings. The van der Waals surface area contributed by atoms with E-state index in [0.29, 0.717) is 6.54 Å². The summed E-state index contributed by atoms with van der Waals surface area (Å²) in [5, 5.41) is 2.82. The summed E-state index contributed by atoms with van der Waals surface area (Å²) in [7, 11) is 1.39. The summed E-state index contributed by atoms with van der Waals surface area (Å²) in [6.45, 7) is 8.17. The highest BCUT2D eigenvalue weighted by Crippen LogP contribution is 2.22. The fourth-order valence-electron chi connectivity index (χ4n) is 4.09. The molecular formula is C22H30N4O3. The Balaban J connectivity index is 1.51. The van der Waals surface area contributed by atoms with Gasteiger partial charge >= 0.3 is 5.69 Å². The van der Waals surface area contributed by atoms with Crippen molar-refractivity contribution in [1.29, 1.82) is 0 Å². The van der Waals surface area contributed by atoms with Crippen LogP contribution in [-0.4, -0.2) is 33.0 Å². The van der Waals surface area contributed by atoms with E-state index >= 15 is 0 Å². The lowest BCUT2D eigenvalue weighted by molar-refractivity contribution is -0.121. The number of amides is 1. The van der Waals surface area contributed by atoms with Crippen LogP contribution in [0.4, 0.5) is 0 Å². The third-order valence-corrected chi connectivity index (χ3v) is 5.44. The SMILES string of the molecule is CC1CC(C)CN(Cc2ccc(CNC(=O)Cn3ccc(=O)n(C)c3=O)cc2)C1. The molecule has 1 aliphatic heterocycles. The van der Waals surface area contributed by atoms with E-state index in [1.165, 1.54) is 35.9 Å². The van der Waals surface area contributed by atoms with Gasteiger partial charge in [0.15, 0.2) is 0 Å². The van der Waals surface area contributed by atoms with E-state index < -0.39 is 5.69 Å². The number of piperidine rings is 1. The lowest BCUT2D eigenvalue weighted by Gasteiger charge is -2.35. The fourth-order valence-corrected chi connectivity index (χ4v) is 4.09. The topological polar surface area (TPSA) is 76.3 Å². The van der Waals surface area contributed by atoms with Gasteiger partial charge in [-0.15, -0.1) is 0 Å². The van der Waals surface area contributed by atoms with Crippen molar-refractivity contribution in [2.45, 2.75) is 39.9 Å². The zero-order chi connectivity index (χ0) is 21.0. The average Bonchev–Trinajstić information content (AvgIpc) is 2.67. The van der Waals surface area contributed by atoms with E-state index in [1.807, 2.05) is 12.1 Å². The van der Waals surface area contributed by atoms with E-state index in [9.17, 15) is 14.4 Å². The Morgan fingerprint density at radius 3 is 2.31 bits per heavy atom. The third-order valence-electron chi connectivity index (χ3n) is 5.44. The highest BCUT2D eigenvalue weighted by atomic mass is 16.2. The summed E-state index contributed by atoms with van der Waals surface area (Å²) < 4.78 is 2.20. The van der Waals surface area contributed by atoms with Gasteiger partial charge in [-0.05, 0) is 29.4 Å². The van der Waals surface area contributed by atoms with Crippen molar-refractivity contribution in [2.24, 2.45) is 18.9 Å². The molecule has 0 bridgehead atoms. The van der Waals surface area contributed by atoms with Gasteiger partial charge in [0.1, 0.15) is 6.54 Å². The second-order valence-corrected chi connectivity index (χ2v) is 8.36. The zero-order valence-corrected chi connectivity index (χ0v) is 17.4. The van der Waals surface area contributed by atoms with Gasteiger partial charge in [0.05, 0.1) is 0 Å². The Morgan fingerprint density at radius 2 is 1.66 bits per heavy atom. The first-order valence-corrected chi connectivity index (χ1v) is 10.1. The summed E-state index contributed by atoms with van der Waals surface area (Å²) in [5.74, 6) is 1.21. The van der Waals surface area contributed by atoms with Crippen molar-refractivity contribution in [3.8, 4) is 0 Å². The van der Waals surface area contributed by atoms with Crippen LogP contribution in [0.2, 0.25) is 0 Å². The van der Waals surface area contributed by atoms with E-state index in [-0.39, 0.29) is 18.0 Å². The maximum Gasteiger partial charge on any atom is 0.331 e. The van der Waals surface area contributed by atoms with Crippen molar-refractivity contribution in [3.05, 3.63) is 68.5 Å². The van der Waals surface area contributed by atoms with E-state index in [2.05, 4.69) is 36.2 Å². The molecule has 156 valence electrons. The highest BCUT2D eigenvalue weighted by molar-refractivity contribution is 5.75. The number of carbonyl (C=O) groups excluding carboxylic acids is 1. The largest absolute Gasteiger partial charge is 0.350 e. The maximum absolute atomic E-state index is 12.2. The average molecular weight is 399 g/mol. The summed E-state index contributed by atoms with van der Waals surface area (Å²) in [4.78, 5) is 38.1. The van der Waals surface area contributed by atoms with Crippen molar-refractivity contribution in [1.82, 2.24) is 19.4 Å². The molecule has 7 nitrogen and oxygen atoms in total. The smallest absolute Gasteiger partial charge is 0.331 e. The van der Waals surface area contributed by atoms with Crippen LogP contribution >= 0.6 is 0 Å². The highest BCUT2D eigenvalue weighted by Gasteiger charge is 2.21. The van der Waals surface area contributed by atoms with E-state index in [4.69, 9.17) is 0 Å². The van der Waals surface area contributed by atoms with Crippen molar-refractivity contribution < 1.29 is 4.79 Å². The van der Waals surface area contributed by atoms with Gasteiger partial charge in [-0.2, -0.15) is 0 Å². The number of hydrogen-bond donors (Lipinski definition) is 1. The molecule has 1 amide bonds. The Morgan fingerprint density at radius 1 is 1.03 bits per heavy atom. The first-order chi connectivity index (χ1) is 13.8. The minimum Gasteiger partial charge on any atom is -0.350 e. The zero-order valence-electron chi connectivity index (χ0n) is 17.4. The Labute approximate surface area is 171 Å². The Hall–Kier alpha value is -2.67. The second kappa shape index (κ2) is 9.22. The van der Waals surface area contributed by atoms with Crippen molar-refractivity contribution >= 4 is 5.91 Å². The van der Waals surface area contributed by atoms with Gasteiger partial charge in [-0.3, -0.25) is 23.6 Å². The lowest BCUT2D eigenvalue weighted by Crippen LogP contribution is -2.40. The molecule has 2 atom stereocenters. The fraction of sp³-hybridized carbons (Fsp3) is 0.500. The minimum absolute atomic E-state index is 0.115. The quantitative estimate of drug-likeness (QED) is 0.797. The molecule has 0 radical (unpaired) electrons. The molecule has 29 heavy (non-hydrogen) atoms. The maximum atomic E-state index is 12.2. The Kier molecular flexibility index (Phi) is 6.69. The van der Waals surface area contributed by atoms with Gasteiger partial charge in [0, 0.05) is 45.5 Å². The number of benzene rings is 1. The molecule has 2 heterocycles. The molecule has 7 heteroatoms. The number of nitrogens with zero attached hydrogens (tertiary/aromatic N) is 3. The minimum atomic E-state index is -0.502. The molecule has 1 N–H and O–H groups in total. The number of hydrogen-bond acceptors (Lipinski definition) is 4. The van der Waals surface area contributed by atoms with Crippen molar-refractivity contribution in [2.75, 3.05) is 13.1 Å². The molecule has 3 rings (SSSR count). The summed E-state index contributed by atoms with van der Waals surface area (Å²) in [6, 6.07) is 9.57. The first-order valence-electron chi connectivity index (χ1n) is 10.1. The van der Waals surface area contributed by atoms with Crippen LogP contribution in [0.3, 0.4) is 0 Å². The normalized spacial score (nSPS) is 19.8. The summed E-state index contributed by atoms with van der Waals surface area (Å²) in [6.07, 6.45) is 2.65. The first kappa shape index (κ1) is 21.0. The monoisotopic (exact) mass is 398 g/mol. The van der Waals surface area contributed by atoms with Crippen molar-refractivity contribution in [3.63, 3.8) is 0 Å². The molecule has 1 aromatic carbocycles. The summed E-state index contributed by atoms with van der Waals surface area (Å²) in [5.41, 5.74) is 1.40. The molecule has 2 aromatic rings. The number of carbonyl (C=O) groups is 1. The van der Waals surface area contributed by atoms with Gasteiger partial charge in [-0.25, -0.2) is 4.79 Å². The summed E-state index contributed by atoms with van der Waals surface area (Å²) >= 11 is 0. The molecule has 2 unspecified atom stereocenters. The second-order valence-electron chi connectivity index (χ2n) is 8.36. The van der Waals surface area contributed by atoms with E-state index in [0.717, 1.165) is 41.6 Å². The van der Waals surface area contributed by atoms with Crippen LogP contribution < -0.4 is 16.6 Å². The van der Waals surface area contributed by atoms with Crippen LogP contribution in [-0.2, 0) is 31.5 Å². The van der Waals surface area contributed by atoms with E-state index in [1.54, 1.807) is 0 Å². The Bertz CT molecular complexity index is 951. The number of aromatic nitrogens is 2. The number of nitrogens with one attached hydrogen (secondary N) is 1. The number of rotatable bonds is 6. The van der Waals surface area contributed by atoms with Crippen LogP contribution in [0.15, 0.2) is 46.1 Å². The molecule has 1 aliphatic rings. The van der Waals surface area contributed by atoms with Crippen LogP contribution in [0.1, 0.15) is 31.4 Å². The predicted molar refractivity (Wildman–Crippen MR) is 112 cm³/mol. The standard InChI is InChI=1S/C22H30N4O3/c1-16-10-17(2)13-25(12-16)14-19-6-4-18(5-7-19)11-23-20(27)15-26-9-8-21(28)24(3)22(26)29/h4-9,16-17H,10-15H2,1-3H3,(H,23,27). The molecular weight excluding hydrogens is 368 g/mol. The molecule has 0 saturated carbocycles. The van der Waals surface area contributed by atoms with Gasteiger partial charge < -0.3 is 5.32 Å². The number of likely N-dealkylation sites (tertiary alicyclic amines) is 1. The van der Waals surface area contributed by atoms with Crippen LogP contribution in [0, 0.1) is 11.8 Å². The van der Waals surface area contributed by atoms with Gasteiger partial charge in [-0.1, -0.05) is 38.1 Å². The lowest BCUT2D eigenvalue weighted by atomic mass is 9.91. The van der Waals surface area contributed by atoms with Gasteiger partial charge in [0.25, 0.3) is 5.56 Å². The predicted octanol–water partition coefficient (Wildman–Crippen LogP) is 1.34. The molecule has 0 spiro atoms. The van der Waals surface area contributed by atoms with Gasteiger partial charge in [0.2, 0.25) is 5.91 Å². The van der Waals surface area contributed by atoms with Crippen LogP contribution in [0.25, 0.3) is 0 Å². The van der Waals surface area contributed by atoms with Crippen LogP contribution in [0.5, 0.6) is 0 Å². The molecule has 1 aromatic heterocycles. The molecule has 0 aliphatic carbocycles. The third kappa shape index (κ3) is 5.67. The molecule has 1 saturated heterocycles.